The molecule has 15 heavy (non-hydrogen) atoms. The number of hydrogen-bond acceptors (Lipinski definition) is 2. The summed E-state index contributed by atoms with van der Waals surface area (Å²) < 4.78 is 0. The fraction of sp³-hybridized carbons (Fsp3) is 0.417. The van der Waals surface area contributed by atoms with Gasteiger partial charge in [0.2, 0.25) is 0 Å². The molecular formula is C12H16O3. The molecule has 0 unspecified atom stereocenters. The van der Waals surface area contributed by atoms with E-state index in [9.17, 15) is 4.79 Å². The van der Waals surface area contributed by atoms with Crippen LogP contribution in [0, 0.1) is 5.92 Å². The molecule has 1 aromatic rings. The van der Waals surface area contributed by atoms with E-state index in [1.165, 1.54) is 0 Å². The molecule has 0 aliphatic heterocycles. The van der Waals surface area contributed by atoms with Gasteiger partial charge >= 0.3 is 5.97 Å². The largest absolute Gasteiger partial charge is 0.481 e. The van der Waals surface area contributed by atoms with Crippen LogP contribution in [0.25, 0.3) is 0 Å². The van der Waals surface area contributed by atoms with E-state index in [-0.39, 0.29) is 18.9 Å². The lowest BCUT2D eigenvalue weighted by atomic mass is 9.96. The van der Waals surface area contributed by atoms with Gasteiger partial charge in [-0.2, -0.15) is 0 Å². The maximum absolute atomic E-state index is 10.4. The standard InChI is InChI=1S/C12H16O3/c13-9-11(6-7-12(14)15)8-10-4-2-1-3-5-10/h1-5,11,13H,6-9H2,(H,14,15)/t11-/m0/s1. The molecule has 0 saturated heterocycles. The van der Waals surface area contributed by atoms with Crippen LogP contribution in [0.4, 0.5) is 0 Å². The van der Waals surface area contributed by atoms with Gasteiger partial charge in [-0.05, 0) is 24.3 Å². The van der Waals surface area contributed by atoms with Gasteiger partial charge in [0, 0.05) is 13.0 Å². The number of carbonyl (C=O) groups is 1. The summed E-state index contributed by atoms with van der Waals surface area (Å²) in [6.07, 6.45) is 1.39. The molecule has 82 valence electrons. The summed E-state index contributed by atoms with van der Waals surface area (Å²) in [6.45, 7) is 0.0438. The molecule has 0 fully saturated rings. The first-order valence-corrected chi connectivity index (χ1v) is 5.09. The molecule has 0 heterocycles. The van der Waals surface area contributed by atoms with Crippen molar-refractivity contribution < 1.29 is 15.0 Å². The van der Waals surface area contributed by atoms with Gasteiger partial charge in [-0.1, -0.05) is 30.3 Å². The molecule has 0 aliphatic carbocycles. The second-order valence-electron chi connectivity index (χ2n) is 3.67. The van der Waals surface area contributed by atoms with Crippen molar-refractivity contribution >= 4 is 5.97 Å². The highest BCUT2D eigenvalue weighted by Crippen LogP contribution is 2.13. The minimum atomic E-state index is -0.804. The van der Waals surface area contributed by atoms with Crippen LogP contribution in [-0.2, 0) is 11.2 Å². The molecule has 3 heteroatoms. The van der Waals surface area contributed by atoms with Crippen molar-refractivity contribution in [2.24, 2.45) is 5.92 Å². The normalized spacial score (nSPS) is 12.3. The molecule has 1 atom stereocenters. The fourth-order valence-electron chi connectivity index (χ4n) is 1.53. The van der Waals surface area contributed by atoms with E-state index in [1.807, 2.05) is 30.3 Å². The Kier molecular flexibility index (Phi) is 4.84. The first-order chi connectivity index (χ1) is 7.22. The van der Waals surface area contributed by atoms with Crippen LogP contribution < -0.4 is 0 Å². The van der Waals surface area contributed by atoms with E-state index in [0.29, 0.717) is 6.42 Å². The summed E-state index contributed by atoms with van der Waals surface area (Å²) in [7, 11) is 0. The zero-order valence-corrected chi connectivity index (χ0v) is 8.60. The molecule has 0 aromatic heterocycles. The van der Waals surface area contributed by atoms with E-state index in [0.717, 1.165) is 12.0 Å². The Labute approximate surface area is 89.4 Å². The Morgan fingerprint density at radius 1 is 1.27 bits per heavy atom. The number of aliphatic hydroxyl groups excluding tert-OH is 1. The van der Waals surface area contributed by atoms with Crippen molar-refractivity contribution in [3.05, 3.63) is 35.9 Å². The number of aliphatic hydroxyl groups is 1. The Balaban J connectivity index is 2.43. The highest BCUT2D eigenvalue weighted by Gasteiger charge is 2.10. The van der Waals surface area contributed by atoms with Crippen LogP contribution in [0.2, 0.25) is 0 Å². The monoisotopic (exact) mass is 208 g/mol. The van der Waals surface area contributed by atoms with Crippen LogP contribution in [0.15, 0.2) is 30.3 Å². The van der Waals surface area contributed by atoms with E-state index < -0.39 is 5.97 Å². The average Bonchev–Trinajstić information content (AvgIpc) is 2.25. The predicted molar refractivity (Wildman–Crippen MR) is 57.6 cm³/mol. The second kappa shape index (κ2) is 6.19. The smallest absolute Gasteiger partial charge is 0.303 e. The molecule has 3 nitrogen and oxygen atoms in total. The quantitative estimate of drug-likeness (QED) is 0.748. The van der Waals surface area contributed by atoms with Gasteiger partial charge in [-0.25, -0.2) is 0 Å². The SMILES string of the molecule is O=C(O)CC[C@H](CO)Cc1ccccc1. The van der Waals surface area contributed by atoms with Gasteiger partial charge in [0.25, 0.3) is 0 Å². The van der Waals surface area contributed by atoms with Gasteiger partial charge in [0.15, 0.2) is 0 Å². The lowest BCUT2D eigenvalue weighted by molar-refractivity contribution is -0.137. The van der Waals surface area contributed by atoms with Crippen molar-refractivity contribution in [2.45, 2.75) is 19.3 Å². The van der Waals surface area contributed by atoms with E-state index in [4.69, 9.17) is 10.2 Å². The van der Waals surface area contributed by atoms with E-state index in [2.05, 4.69) is 0 Å². The molecule has 1 aromatic carbocycles. The number of carboxylic acids is 1. The number of carboxylic acid groups (broad SMARTS) is 1. The minimum Gasteiger partial charge on any atom is -0.481 e. The van der Waals surface area contributed by atoms with Crippen molar-refractivity contribution in [2.75, 3.05) is 6.61 Å². The second-order valence-corrected chi connectivity index (χ2v) is 3.67. The van der Waals surface area contributed by atoms with Crippen LogP contribution in [-0.4, -0.2) is 22.8 Å². The third-order valence-electron chi connectivity index (χ3n) is 2.39. The van der Waals surface area contributed by atoms with Crippen LogP contribution in [0.3, 0.4) is 0 Å². The first-order valence-electron chi connectivity index (χ1n) is 5.09. The predicted octanol–water partition coefficient (Wildman–Crippen LogP) is 1.70. The maximum atomic E-state index is 10.4. The van der Waals surface area contributed by atoms with Gasteiger partial charge < -0.3 is 10.2 Å². The van der Waals surface area contributed by atoms with Crippen molar-refractivity contribution in [1.29, 1.82) is 0 Å². The molecular weight excluding hydrogens is 192 g/mol. The fourth-order valence-corrected chi connectivity index (χ4v) is 1.53. The summed E-state index contributed by atoms with van der Waals surface area (Å²) >= 11 is 0. The Morgan fingerprint density at radius 3 is 2.47 bits per heavy atom. The molecule has 0 saturated carbocycles. The average molecular weight is 208 g/mol. The zero-order valence-electron chi connectivity index (χ0n) is 8.60. The summed E-state index contributed by atoms with van der Waals surface area (Å²) in [4.78, 5) is 10.4. The first kappa shape index (κ1) is 11.7. The maximum Gasteiger partial charge on any atom is 0.303 e. The number of benzene rings is 1. The molecule has 0 spiro atoms. The summed E-state index contributed by atoms with van der Waals surface area (Å²) in [5.74, 6) is -0.759. The van der Waals surface area contributed by atoms with Crippen LogP contribution >= 0.6 is 0 Å². The molecule has 1 rings (SSSR count). The van der Waals surface area contributed by atoms with Gasteiger partial charge in [0.05, 0.1) is 0 Å². The number of aliphatic carboxylic acids is 1. The van der Waals surface area contributed by atoms with Gasteiger partial charge in [-0.15, -0.1) is 0 Å². The molecule has 0 aliphatic rings. The zero-order chi connectivity index (χ0) is 11.1. The third-order valence-corrected chi connectivity index (χ3v) is 2.39. The number of rotatable bonds is 6. The lowest BCUT2D eigenvalue weighted by Crippen LogP contribution is -2.11. The van der Waals surface area contributed by atoms with Gasteiger partial charge in [0.1, 0.15) is 0 Å². The number of hydrogen-bond donors (Lipinski definition) is 2. The topological polar surface area (TPSA) is 57.5 Å². The lowest BCUT2D eigenvalue weighted by Gasteiger charge is -2.12. The Bertz CT molecular complexity index is 295. The van der Waals surface area contributed by atoms with Crippen LogP contribution in [0.5, 0.6) is 0 Å². The Hall–Kier alpha value is -1.35. The van der Waals surface area contributed by atoms with Crippen molar-refractivity contribution in [1.82, 2.24) is 0 Å². The van der Waals surface area contributed by atoms with Crippen LogP contribution in [0.1, 0.15) is 18.4 Å². The van der Waals surface area contributed by atoms with Gasteiger partial charge in [-0.3, -0.25) is 4.79 Å². The Morgan fingerprint density at radius 2 is 1.93 bits per heavy atom. The third kappa shape index (κ3) is 4.61. The van der Waals surface area contributed by atoms with Crippen molar-refractivity contribution in [3.8, 4) is 0 Å². The highest BCUT2D eigenvalue weighted by molar-refractivity contribution is 5.66. The molecule has 0 radical (unpaired) electrons. The molecule has 0 bridgehead atoms. The van der Waals surface area contributed by atoms with E-state index >= 15 is 0 Å². The summed E-state index contributed by atoms with van der Waals surface area (Å²) in [5, 5.41) is 17.6. The summed E-state index contributed by atoms with van der Waals surface area (Å²) in [6, 6.07) is 9.81. The van der Waals surface area contributed by atoms with E-state index in [1.54, 1.807) is 0 Å². The molecule has 0 amide bonds. The summed E-state index contributed by atoms with van der Waals surface area (Å²) in [5.41, 5.74) is 1.14. The molecule has 2 N–H and O–H groups in total. The highest BCUT2D eigenvalue weighted by atomic mass is 16.4. The van der Waals surface area contributed by atoms with Crippen molar-refractivity contribution in [3.63, 3.8) is 0 Å². The minimum absolute atomic E-state index is 0.0438.